The van der Waals surface area contributed by atoms with Crippen molar-refractivity contribution in [1.82, 2.24) is 30.2 Å². The predicted molar refractivity (Wildman–Crippen MR) is 146 cm³/mol. The molecule has 1 saturated carbocycles. The van der Waals surface area contributed by atoms with Crippen LogP contribution in [0, 0.1) is 17.6 Å². The highest BCUT2D eigenvalue weighted by Gasteiger charge is 2.34. The zero-order chi connectivity index (χ0) is 29.4. The summed E-state index contributed by atoms with van der Waals surface area (Å²) >= 11 is 6.27. The van der Waals surface area contributed by atoms with Gasteiger partial charge in [-0.2, -0.15) is 13.2 Å². The van der Waals surface area contributed by atoms with E-state index in [1.165, 1.54) is 18.2 Å². The number of fused-ring (bicyclic) bond motifs is 1. The van der Waals surface area contributed by atoms with Crippen molar-refractivity contribution in [3.05, 3.63) is 76.3 Å². The van der Waals surface area contributed by atoms with E-state index in [9.17, 15) is 22.0 Å². The summed E-state index contributed by atoms with van der Waals surface area (Å²) in [5.41, 5.74) is 0.255. The third-order valence-corrected chi connectivity index (χ3v) is 7.79. The molecule has 218 valence electrons. The Labute approximate surface area is 241 Å². The lowest BCUT2D eigenvalue weighted by Crippen LogP contribution is -2.15. The number of hydrogen-bond acceptors (Lipinski definition) is 5. The van der Waals surface area contributed by atoms with Gasteiger partial charge in [-0.15, -0.1) is 5.10 Å². The Morgan fingerprint density at radius 2 is 1.76 bits per heavy atom. The Balaban J connectivity index is 1.39. The molecule has 6 rings (SSSR count). The summed E-state index contributed by atoms with van der Waals surface area (Å²) in [4.78, 5) is 4.62. The molecule has 0 unspecified atom stereocenters. The maximum Gasteiger partial charge on any atom is 0.416 e. The first-order valence-electron chi connectivity index (χ1n) is 13.4. The van der Waals surface area contributed by atoms with E-state index in [0.717, 1.165) is 50.3 Å². The molecule has 0 atom stereocenters. The lowest BCUT2D eigenvalue weighted by atomic mass is 9.89. The zero-order valence-electron chi connectivity index (χ0n) is 22.1. The molecule has 1 aliphatic carbocycles. The number of aromatic nitrogens is 6. The monoisotopic (exact) mass is 602 g/mol. The van der Waals surface area contributed by atoms with Crippen molar-refractivity contribution in [3.63, 3.8) is 0 Å². The van der Waals surface area contributed by atoms with E-state index in [0.29, 0.717) is 34.4 Å². The van der Waals surface area contributed by atoms with Crippen LogP contribution in [0.15, 0.2) is 48.5 Å². The minimum Gasteiger partial charge on any atom is -0.488 e. The topological polar surface area (TPSA) is 81.5 Å². The average Bonchev–Trinajstić information content (AvgIpc) is 3.62. The number of halogens is 6. The molecule has 0 saturated heterocycles. The summed E-state index contributed by atoms with van der Waals surface area (Å²) in [6, 6.07) is 10.6. The standard InChI is InChI=1S/C29H24ClF5N6O/c30-19-8-9-20(28-36-24-12-22(31)23(32)13-25(24)41(28)14-16-4-2-1-3-5-16)26(11-19)42-15-18-7-6-17(27-37-39-40-38-27)10-21(18)29(33,34)35/h6-13,16H,1-5,14-15H2,(H,37,38,39,40). The molecule has 1 N–H and O–H groups in total. The highest BCUT2D eigenvalue weighted by atomic mass is 35.5. The largest absolute Gasteiger partial charge is 0.488 e. The average molecular weight is 603 g/mol. The minimum absolute atomic E-state index is 0.0924. The first kappa shape index (κ1) is 28.1. The molecule has 5 aromatic rings. The SMILES string of the molecule is Fc1cc2nc(-c3ccc(Cl)cc3OCc3ccc(-c4nnn[nH]4)cc3C(F)(F)F)n(CC3CCCCC3)c2cc1F. The number of ether oxygens (including phenoxy) is 1. The number of tetrazole rings is 1. The molecule has 7 nitrogen and oxygen atoms in total. The van der Waals surface area contributed by atoms with Gasteiger partial charge in [-0.25, -0.2) is 18.9 Å². The van der Waals surface area contributed by atoms with Gasteiger partial charge in [0.1, 0.15) is 18.2 Å². The lowest BCUT2D eigenvalue weighted by Gasteiger charge is -2.23. The van der Waals surface area contributed by atoms with E-state index in [1.807, 2.05) is 4.57 Å². The smallest absolute Gasteiger partial charge is 0.416 e. The minimum atomic E-state index is -4.68. The number of H-pyrrole nitrogens is 1. The van der Waals surface area contributed by atoms with Crippen molar-refractivity contribution in [3.8, 4) is 28.5 Å². The van der Waals surface area contributed by atoms with Crippen LogP contribution in [0.3, 0.4) is 0 Å². The summed E-state index contributed by atoms with van der Waals surface area (Å²) in [5, 5.41) is 13.3. The van der Waals surface area contributed by atoms with Crippen molar-refractivity contribution < 1.29 is 26.7 Å². The fraction of sp³-hybridized carbons (Fsp3) is 0.310. The number of aromatic amines is 1. The van der Waals surface area contributed by atoms with E-state index < -0.39 is 30.0 Å². The summed E-state index contributed by atoms with van der Waals surface area (Å²) in [7, 11) is 0. The molecule has 13 heteroatoms. The fourth-order valence-corrected chi connectivity index (χ4v) is 5.65. The van der Waals surface area contributed by atoms with Crippen LogP contribution in [0.1, 0.15) is 43.2 Å². The van der Waals surface area contributed by atoms with Gasteiger partial charge in [0.25, 0.3) is 0 Å². The van der Waals surface area contributed by atoms with Crippen LogP contribution < -0.4 is 4.74 Å². The quantitative estimate of drug-likeness (QED) is 0.191. The molecule has 2 heterocycles. The van der Waals surface area contributed by atoms with Crippen molar-refractivity contribution >= 4 is 22.6 Å². The van der Waals surface area contributed by atoms with Crippen LogP contribution >= 0.6 is 11.6 Å². The number of hydrogen-bond donors (Lipinski definition) is 1. The van der Waals surface area contributed by atoms with E-state index in [2.05, 4.69) is 25.6 Å². The van der Waals surface area contributed by atoms with Gasteiger partial charge in [0, 0.05) is 34.8 Å². The molecular formula is C29H24ClF5N6O. The maximum atomic E-state index is 14.3. The summed E-state index contributed by atoms with van der Waals surface area (Å²) in [6.45, 7) is 0.0817. The molecule has 1 aliphatic rings. The van der Waals surface area contributed by atoms with Crippen LogP contribution in [-0.4, -0.2) is 30.2 Å². The first-order chi connectivity index (χ1) is 20.2. The van der Waals surface area contributed by atoms with Gasteiger partial charge in [-0.3, -0.25) is 0 Å². The second-order valence-corrected chi connectivity index (χ2v) is 10.8. The Morgan fingerprint density at radius 1 is 0.976 bits per heavy atom. The van der Waals surface area contributed by atoms with Gasteiger partial charge in [-0.1, -0.05) is 43.0 Å². The molecule has 0 amide bonds. The van der Waals surface area contributed by atoms with Crippen LogP contribution in [0.4, 0.5) is 22.0 Å². The lowest BCUT2D eigenvalue weighted by molar-refractivity contribution is -0.138. The normalized spacial score (nSPS) is 14.5. The third-order valence-electron chi connectivity index (χ3n) is 7.56. The molecule has 1 fully saturated rings. The summed E-state index contributed by atoms with van der Waals surface area (Å²) < 4.78 is 78.5. The van der Waals surface area contributed by atoms with Crippen LogP contribution in [0.5, 0.6) is 5.75 Å². The second kappa shape index (κ2) is 11.3. The molecule has 0 bridgehead atoms. The van der Waals surface area contributed by atoms with Crippen molar-refractivity contribution in [1.29, 1.82) is 0 Å². The van der Waals surface area contributed by atoms with E-state index >= 15 is 0 Å². The van der Waals surface area contributed by atoms with Crippen molar-refractivity contribution in [2.45, 2.75) is 51.4 Å². The molecule has 0 aliphatic heterocycles. The van der Waals surface area contributed by atoms with Crippen molar-refractivity contribution in [2.75, 3.05) is 0 Å². The molecule has 0 spiro atoms. The van der Waals surface area contributed by atoms with Crippen molar-refractivity contribution in [2.24, 2.45) is 5.92 Å². The number of nitrogens with zero attached hydrogens (tertiary/aromatic N) is 5. The van der Waals surface area contributed by atoms with Crippen LogP contribution in [0.2, 0.25) is 5.02 Å². The Bertz CT molecular complexity index is 1730. The maximum absolute atomic E-state index is 14.3. The first-order valence-corrected chi connectivity index (χ1v) is 13.8. The zero-order valence-corrected chi connectivity index (χ0v) is 22.8. The molecular weight excluding hydrogens is 579 g/mol. The molecule has 3 aromatic carbocycles. The van der Waals surface area contributed by atoms with Crippen LogP contribution in [-0.2, 0) is 19.3 Å². The number of alkyl halides is 3. The van der Waals surface area contributed by atoms with E-state index in [4.69, 9.17) is 16.3 Å². The fourth-order valence-electron chi connectivity index (χ4n) is 5.49. The second-order valence-electron chi connectivity index (χ2n) is 10.4. The number of nitrogens with one attached hydrogen (secondary N) is 1. The number of rotatable bonds is 7. The molecule has 0 radical (unpaired) electrons. The third kappa shape index (κ3) is 5.67. The highest BCUT2D eigenvalue weighted by Crippen LogP contribution is 2.39. The Kier molecular flexibility index (Phi) is 7.56. The number of benzene rings is 3. The van der Waals surface area contributed by atoms with Gasteiger partial charge in [-0.05, 0) is 53.5 Å². The summed E-state index contributed by atoms with van der Waals surface area (Å²) in [5.74, 6) is -1.04. The van der Waals surface area contributed by atoms with E-state index in [1.54, 1.807) is 12.1 Å². The predicted octanol–water partition coefficient (Wildman–Crippen LogP) is 7.99. The number of imidazole rings is 1. The Hall–Kier alpha value is -4.06. The molecule has 2 aromatic heterocycles. The van der Waals surface area contributed by atoms with Gasteiger partial charge in [0.2, 0.25) is 0 Å². The Morgan fingerprint density at radius 3 is 2.50 bits per heavy atom. The van der Waals surface area contributed by atoms with Gasteiger partial charge < -0.3 is 9.30 Å². The van der Waals surface area contributed by atoms with E-state index in [-0.39, 0.29) is 28.2 Å². The van der Waals surface area contributed by atoms with Crippen LogP contribution in [0.25, 0.3) is 33.8 Å². The van der Waals surface area contributed by atoms with Gasteiger partial charge >= 0.3 is 6.18 Å². The molecule has 42 heavy (non-hydrogen) atoms. The summed E-state index contributed by atoms with van der Waals surface area (Å²) in [6.07, 6.45) is 0.622. The van der Waals surface area contributed by atoms with Gasteiger partial charge in [0.05, 0.1) is 22.2 Å². The highest BCUT2D eigenvalue weighted by molar-refractivity contribution is 6.30. The van der Waals surface area contributed by atoms with Gasteiger partial charge in [0.15, 0.2) is 17.5 Å².